The Morgan fingerprint density at radius 1 is 1.24 bits per heavy atom. The number of nitrogens with zero attached hydrogens (tertiary/aromatic N) is 5. The number of ether oxygens (including phenoxy) is 1. The van der Waals surface area contributed by atoms with Crippen LogP contribution in [0.25, 0.3) is 11.1 Å². The summed E-state index contributed by atoms with van der Waals surface area (Å²) in [6.45, 7) is 1.75. The zero-order chi connectivity index (χ0) is 35.7. The maximum atomic E-state index is 15.3. The molecule has 2 saturated heterocycles. The lowest BCUT2D eigenvalue weighted by Gasteiger charge is -2.50. The van der Waals surface area contributed by atoms with Crippen molar-refractivity contribution in [2.75, 3.05) is 36.6 Å². The Hall–Kier alpha value is -5.56. The van der Waals surface area contributed by atoms with Crippen molar-refractivity contribution in [3.8, 4) is 11.1 Å². The zero-order valence-corrected chi connectivity index (χ0v) is 28.1. The Labute approximate surface area is 291 Å². The van der Waals surface area contributed by atoms with Crippen LogP contribution in [0, 0.1) is 5.82 Å². The number of β-lactam (4-membered cyclic amide) rings is 1. The van der Waals surface area contributed by atoms with Gasteiger partial charge in [0.15, 0.2) is 29.8 Å². The van der Waals surface area contributed by atoms with Crippen LogP contribution in [-0.2, 0) is 35.3 Å². The molecule has 5 heterocycles. The molecule has 19 heteroatoms. The van der Waals surface area contributed by atoms with E-state index >= 15 is 4.39 Å². The fourth-order valence-corrected chi connectivity index (χ4v) is 7.54. The van der Waals surface area contributed by atoms with Gasteiger partial charge in [-0.05, 0) is 23.8 Å². The number of nitrogen functional groups attached to an aromatic ring is 1. The molecule has 3 aromatic rings. The van der Waals surface area contributed by atoms with Gasteiger partial charge in [0, 0.05) is 41.3 Å². The largest absolute Gasteiger partial charge is 0.543 e. The molecule has 4 N–H and O–H groups in total. The lowest BCUT2D eigenvalue weighted by Crippen LogP contribution is -2.71. The van der Waals surface area contributed by atoms with Gasteiger partial charge in [-0.25, -0.2) is 18.7 Å². The third kappa shape index (κ3) is 6.81. The lowest BCUT2D eigenvalue weighted by atomic mass is 10.0. The highest BCUT2D eigenvalue weighted by Gasteiger charge is 2.53. The fourth-order valence-electron chi connectivity index (χ4n) is 5.66. The van der Waals surface area contributed by atoms with E-state index < -0.39 is 47.2 Å². The van der Waals surface area contributed by atoms with E-state index in [1.54, 1.807) is 35.2 Å². The molecule has 1 unspecified atom stereocenters. The van der Waals surface area contributed by atoms with Crippen LogP contribution >= 0.6 is 23.1 Å². The molecule has 50 heavy (non-hydrogen) atoms. The number of benzene rings is 1. The molecule has 2 aromatic heterocycles. The van der Waals surface area contributed by atoms with Crippen molar-refractivity contribution in [1.82, 2.24) is 20.5 Å². The number of aliphatic carboxylic acids is 1. The van der Waals surface area contributed by atoms with Crippen LogP contribution in [0.15, 0.2) is 64.5 Å². The average Bonchev–Trinajstić information content (AvgIpc) is 3.69. The van der Waals surface area contributed by atoms with Gasteiger partial charge >= 0.3 is 6.09 Å². The van der Waals surface area contributed by atoms with Gasteiger partial charge in [0.2, 0.25) is 5.91 Å². The maximum Gasteiger partial charge on any atom is 0.414 e. The van der Waals surface area contributed by atoms with Crippen molar-refractivity contribution >= 4 is 69.4 Å². The number of amides is 4. The first-order chi connectivity index (χ1) is 23.9. The van der Waals surface area contributed by atoms with Gasteiger partial charge in [0.1, 0.15) is 36.1 Å². The van der Waals surface area contributed by atoms with Gasteiger partial charge in [-0.3, -0.25) is 24.2 Å². The average molecular weight is 725 g/mol. The number of aromatic nitrogens is 2. The Kier molecular flexibility index (Phi) is 9.69. The first-order valence-electron chi connectivity index (χ1n) is 15.0. The van der Waals surface area contributed by atoms with E-state index in [9.17, 15) is 29.1 Å². The van der Waals surface area contributed by atoms with Gasteiger partial charge < -0.3 is 35.8 Å². The highest BCUT2D eigenvalue weighted by molar-refractivity contribution is 8.00. The van der Waals surface area contributed by atoms with Gasteiger partial charge in [-0.1, -0.05) is 5.16 Å². The normalized spacial score (nSPS) is 20.2. The summed E-state index contributed by atoms with van der Waals surface area (Å²) in [5.41, 5.74) is 6.87. The maximum absolute atomic E-state index is 15.3. The number of hydrogen-bond donors (Lipinski definition) is 3. The summed E-state index contributed by atoms with van der Waals surface area (Å²) in [6, 6.07) is 6.63. The number of carboxylic acids is 1. The standard InChI is InChI=1S/C31H29FN8O8S2/c1-15(41)34-10-19-12-39(31(46)48-19)18-3-4-20(21(32)9-18)16-5-7-38(8-6-16)11-17-13-49-28-24(27(43)40(28)25(17)29(44)45)36-26(42)23(37-47-2)22-14-50-30(33)35-22/h3-9,14,19,24,28H,10-13H2,1-2H3,(H4-,33,34,35,36,41,42,44,45)/b37-23-/t19-,24+,28?/m0/s1. The van der Waals surface area contributed by atoms with Crippen molar-refractivity contribution < 1.29 is 47.6 Å². The summed E-state index contributed by atoms with van der Waals surface area (Å²) in [4.78, 5) is 73.2. The Morgan fingerprint density at radius 2 is 2.00 bits per heavy atom. The molecule has 0 radical (unpaired) electrons. The number of carbonyl (C=O) groups excluding carboxylic acids is 5. The summed E-state index contributed by atoms with van der Waals surface area (Å²) in [5.74, 6) is -3.52. The monoisotopic (exact) mass is 724 g/mol. The Balaban J connectivity index is 1.12. The number of pyridine rings is 1. The summed E-state index contributed by atoms with van der Waals surface area (Å²) in [6.07, 6.45) is 2.08. The number of halogens is 1. The molecule has 3 aliphatic heterocycles. The minimum atomic E-state index is -1.54. The topological polar surface area (TPSA) is 213 Å². The van der Waals surface area contributed by atoms with Gasteiger partial charge in [-0.2, -0.15) is 0 Å². The van der Waals surface area contributed by atoms with Crippen molar-refractivity contribution in [2.45, 2.75) is 31.0 Å². The summed E-state index contributed by atoms with van der Waals surface area (Å²) < 4.78 is 22.2. The molecule has 3 aliphatic rings. The Bertz CT molecular complexity index is 1950. The number of rotatable bonds is 11. The minimum Gasteiger partial charge on any atom is -0.543 e. The van der Waals surface area contributed by atoms with Crippen LogP contribution in [-0.4, -0.2) is 88.9 Å². The van der Waals surface area contributed by atoms with E-state index in [1.165, 1.54) is 48.2 Å². The van der Waals surface area contributed by atoms with Crippen LogP contribution in [0.4, 0.5) is 20.0 Å². The number of carbonyl (C=O) groups is 5. The second-order valence-electron chi connectivity index (χ2n) is 11.3. The molecule has 2 fully saturated rings. The zero-order valence-electron chi connectivity index (χ0n) is 26.5. The smallest absolute Gasteiger partial charge is 0.414 e. The van der Waals surface area contributed by atoms with Crippen LogP contribution < -0.4 is 30.9 Å². The van der Waals surface area contributed by atoms with E-state index in [4.69, 9.17) is 15.3 Å². The summed E-state index contributed by atoms with van der Waals surface area (Å²) in [5, 5.41) is 22.2. The SMILES string of the molecule is CO/N=C(\C(=O)N[C@@H]1C(=O)N2C(C(=O)[O-])=C(C[n+]3ccc(-c4ccc(N5C[C@H](CNC(C)=O)OC5=O)cc4F)cc3)CSC12)c1csc(N)n1. The van der Waals surface area contributed by atoms with Crippen molar-refractivity contribution in [3.63, 3.8) is 0 Å². The van der Waals surface area contributed by atoms with Gasteiger partial charge in [0.05, 0.1) is 30.4 Å². The number of anilines is 2. The second kappa shape index (κ2) is 14.1. The van der Waals surface area contributed by atoms with E-state index in [0.29, 0.717) is 16.8 Å². The van der Waals surface area contributed by atoms with Crippen LogP contribution in [0.2, 0.25) is 0 Å². The van der Waals surface area contributed by atoms with E-state index in [1.807, 2.05) is 0 Å². The van der Waals surface area contributed by atoms with Crippen molar-refractivity contribution in [2.24, 2.45) is 5.16 Å². The highest BCUT2D eigenvalue weighted by atomic mass is 32.2. The number of thioether (sulfide) groups is 1. The number of hydrogen-bond acceptors (Lipinski definition) is 13. The van der Waals surface area contributed by atoms with Crippen molar-refractivity contribution in [3.05, 3.63) is 70.9 Å². The number of nitrogens with two attached hydrogens (primary N) is 1. The van der Waals surface area contributed by atoms with Crippen LogP contribution in [0.3, 0.4) is 0 Å². The number of nitrogens with one attached hydrogen (secondary N) is 2. The fraction of sp³-hybridized carbons (Fsp3) is 0.290. The molecule has 6 rings (SSSR count). The highest BCUT2D eigenvalue weighted by Crippen LogP contribution is 2.40. The lowest BCUT2D eigenvalue weighted by molar-refractivity contribution is -0.689. The predicted molar refractivity (Wildman–Crippen MR) is 175 cm³/mol. The summed E-state index contributed by atoms with van der Waals surface area (Å²) >= 11 is 2.37. The van der Waals surface area contributed by atoms with Gasteiger partial charge in [0.25, 0.3) is 11.8 Å². The van der Waals surface area contributed by atoms with E-state index in [0.717, 1.165) is 16.2 Å². The minimum absolute atomic E-state index is 0.0954. The molecule has 0 spiro atoms. The number of oxime groups is 1. The first kappa shape index (κ1) is 34.3. The summed E-state index contributed by atoms with van der Waals surface area (Å²) in [7, 11) is 1.25. The van der Waals surface area contributed by atoms with Crippen LogP contribution in [0.5, 0.6) is 0 Å². The molecule has 260 valence electrons. The molecule has 3 atom stereocenters. The first-order valence-corrected chi connectivity index (χ1v) is 16.9. The molecule has 0 saturated carbocycles. The number of fused-ring (bicyclic) bond motifs is 1. The van der Waals surface area contributed by atoms with E-state index in [-0.39, 0.29) is 59.1 Å². The predicted octanol–water partition coefficient (Wildman–Crippen LogP) is -0.265. The Morgan fingerprint density at radius 3 is 2.64 bits per heavy atom. The number of thiazole rings is 1. The third-order valence-corrected chi connectivity index (χ3v) is 10.00. The number of carboxylic acid groups (broad SMARTS) is 1. The molecule has 1 aromatic carbocycles. The number of cyclic esters (lactones) is 1. The molecular formula is C31H29FN8O8S2. The molecular weight excluding hydrogens is 696 g/mol. The molecule has 0 bridgehead atoms. The third-order valence-electron chi connectivity index (χ3n) is 7.98. The second-order valence-corrected chi connectivity index (χ2v) is 13.3. The van der Waals surface area contributed by atoms with Crippen LogP contribution in [0.1, 0.15) is 12.6 Å². The van der Waals surface area contributed by atoms with Crippen molar-refractivity contribution in [1.29, 1.82) is 0 Å². The molecule has 16 nitrogen and oxygen atoms in total. The quantitative estimate of drug-likeness (QED) is 0.101. The van der Waals surface area contributed by atoms with Gasteiger partial charge in [-0.15, -0.1) is 23.1 Å². The van der Waals surface area contributed by atoms with E-state index in [2.05, 4.69) is 20.8 Å². The molecule has 0 aliphatic carbocycles. The molecule has 4 amide bonds.